The summed E-state index contributed by atoms with van der Waals surface area (Å²) in [7, 11) is 0. The molecule has 1 amide bonds. The average Bonchev–Trinajstić information content (AvgIpc) is 2.38. The van der Waals surface area contributed by atoms with Gasteiger partial charge in [0.05, 0.1) is 6.04 Å². The summed E-state index contributed by atoms with van der Waals surface area (Å²) in [6.45, 7) is 4.26. The van der Waals surface area contributed by atoms with Gasteiger partial charge in [-0.1, -0.05) is 6.92 Å². The third-order valence-corrected chi connectivity index (χ3v) is 3.77. The van der Waals surface area contributed by atoms with Gasteiger partial charge in [-0.05, 0) is 30.5 Å². The summed E-state index contributed by atoms with van der Waals surface area (Å²) in [4.78, 5) is 13.8. The van der Waals surface area contributed by atoms with E-state index in [1.165, 1.54) is 6.07 Å². The molecule has 0 radical (unpaired) electrons. The molecule has 0 saturated carbocycles. The number of amides is 1. The summed E-state index contributed by atoms with van der Waals surface area (Å²) < 4.78 is 27.0. The van der Waals surface area contributed by atoms with Gasteiger partial charge in [0.2, 0.25) is 5.91 Å². The number of carbonyl (C=O) groups excluding carboxylic acids is 1. The standard InChI is InChI=1S/C14H18F2N2O.ClH/c1-8(7-17)14(19)18-4-3-11-12(9(18)2)5-10(15)6-13(11)16;/h5-6,8-9H,3-4,7,17H2,1-2H3;1H. The molecule has 2 rings (SSSR count). The fraction of sp³-hybridized carbons (Fsp3) is 0.500. The summed E-state index contributed by atoms with van der Waals surface area (Å²) in [5, 5.41) is 0. The Morgan fingerprint density at radius 1 is 1.50 bits per heavy atom. The number of nitrogens with zero attached hydrogens (tertiary/aromatic N) is 1. The Kier molecular flexibility index (Phi) is 5.48. The van der Waals surface area contributed by atoms with E-state index in [0.29, 0.717) is 24.1 Å². The molecule has 0 spiro atoms. The highest BCUT2D eigenvalue weighted by Crippen LogP contribution is 2.32. The molecule has 0 aliphatic carbocycles. The number of rotatable bonds is 2. The van der Waals surface area contributed by atoms with Crippen LogP contribution in [0.25, 0.3) is 0 Å². The second kappa shape index (κ2) is 6.50. The lowest BCUT2D eigenvalue weighted by Crippen LogP contribution is -2.43. The van der Waals surface area contributed by atoms with E-state index in [0.717, 1.165) is 6.07 Å². The van der Waals surface area contributed by atoms with Gasteiger partial charge in [0.25, 0.3) is 0 Å². The zero-order valence-electron chi connectivity index (χ0n) is 11.5. The van der Waals surface area contributed by atoms with Crippen molar-refractivity contribution in [3.05, 3.63) is 34.9 Å². The summed E-state index contributed by atoms with van der Waals surface area (Å²) in [6, 6.07) is 1.89. The molecule has 0 saturated heterocycles. The maximum Gasteiger partial charge on any atom is 0.227 e. The van der Waals surface area contributed by atoms with Crippen LogP contribution in [0, 0.1) is 17.6 Å². The van der Waals surface area contributed by atoms with Gasteiger partial charge in [0.1, 0.15) is 11.6 Å². The number of nitrogens with two attached hydrogens (primary N) is 1. The first-order chi connectivity index (χ1) is 8.95. The van der Waals surface area contributed by atoms with Crippen molar-refractivity contribution in [3.8, 4) is 0 Å². The van der Waals surface area contributed by atoms with Crippen molar-refractivity contribution in [1.82, 2.24) is 4.90 Å². The first-order valence-corrected chi connectivity index (χ1v) is 6.44. The molecule has 112 valence electrons. The Labute approximate surface area is 123 Å². The minimum atomic E-state index is -0.607. The fourth-order valence-corrected chi connectivity index (χ4v) is 2.54. The molecule has 6 heteroatoms. The zero-order chi connectivity index (χ0) is 14.2. The topological polar surface area (TPSA) is 46.3 Å². The summed E-state index contributed by atoms with van der Waals surface area (Å²) >= 11 is 0. The molecule has 0 bridgehead atoms. The van der Waals surface area contributed by atoms with Crippen LogP contribution in [0.5, 0.6) is 0 Å². The molecule has 3 nitrogen and oxygen atoms in total. The Balaban J connectivity index is 0.00000200. The predicted molar refractivity (Wildman–Crippen MR) is 75.7 cm³/mol. The molecule has 1 aromatic carbocycles. The monoisotopic (exact) mass is 304 g/mol. The average molecular weight is 305 g/mol. The lowest BCUT2D eigenvalue weighted by atomic mass is 9.92. The van der Waals surface area contributed by atoms with Gasteiger partial charge in [0.15, 0.2) is 0 Å². The molecule has 1 aliphatic rings. The highest BCUT2D eigenvalue weighted by atomic mass is 35.5. The molecule has 2 unspecified atom stereocenters. The van der Waals surface area contributed by atoms with E-state index >= 15 is 0 Å². The molecule has 1 aliphatic heterocycles. The molecular formula is C14H19ClF2N2O. The number of benzene rings is 1. The van der Waals surface area contributed by atoms with Crippen molar-refractivity contribution in [2.45, 2.75) is 26.3 Å². The van der Waals surface area contributed by atoms with Crippen molar-refractivity contribution < 1.29 is 13.6 Å². The van der Waals surface area contributed by atoms with Gasteiger partial charge >= 0.3 is 0 Å². The summed E-state index contributed by atoms with van der Waals surface area (Å²) in [5.41, 5.74) is 6.57. The molecule has 0 fully saturated rings. The van der Waals surface area contributed by atoms with E-state index in [4.69, 9.17) is 5.73 Å². The smallest absolute Gasteiger partial charge is 0.227 e. The fourth-order valence-electron chi connectivity index (χ4n) is 2.54. The van der Waals surface area contributed by atoms with Gasteiger partial charge in [-0.2, -0.15) is 0 Å². The number of hydrogen-bond donors (Lipinski definition) is 1. The van der Waals surface area contributed by atoms with Gasteiger partial charge in [0, 0.05) is 25.1 Å². The Bertz CT molecular complexity index is 510. The second-order valence-electron chi connectivity index (χ2n) is 5.05. The van der Waals surface area contributed by atoms with Crippen LogP contribution in [0.1, 0.15) is 31.0 Å². The van der Waals surface area contributed by atoms with Crippen LogP contribution >= 0.6 is 12.4 Å². The first-order valence-electron chi connectivity index (χ1n) is 6.44. The highest BCUT2D eigenvalue weighted by molar-refractivity contribution is 5.85. The number of hydrogen-bond acceptors (Lipinski definition) is 2. The molecule has 2 atom stereocenters. The van der Waals surface area contributed by atoms with Crippen LogP contribution in [0.15, 0.2) is 12.1 Å². The van der Waals surface area contributed by atoms with Crippen LogP contribution in [0.3, 0.4) is 0 Å². The van der Waals surface area contributed by atoms with Crippen LogP contribution in [-0.4, -0.2) is 23.9 Å². The van der Waals surface area contributed by atoms with Crippen LogP contribution in [0.4, 0.5) is 8.78 Å². The normalized spacial score (nSPS) is 19.1. The van der Waals surface area contributed by atoms with Crippen LogP contribution in [0.2, 0.25) is 0 Å². The van der Waals surface area contributed by atoms with Crippen molar-refractivity contribution in [3.63, 3.8) is 0 Å². The molecule has 1 heterocycles. The van der Waals surface area contributed by atoms with Gasteiger partial charge in [-0.3, -0.25) is 4.79 Å². The van der Waals surface area contributed by atoms with Crippen LogP contribution < -0.4 is 5.73 Å². The van der Waals surface area contributed by atoms with E-state index < -0.39 is 11.6 Å². The quantitative estimate of drug-likeness (QED) is 0.912. The molecule has 20 heavy (non-hydrogen) atoms. The maximum atomic E-state index is 13.7. The van der Waals surface area contributed by atoms with Crippen molar-refractivity contribution in [2.24, 2.45) is 11.7 Å². The summed E-state index contributed by atoms with van der Waals surface area (Å²) in [5.74, 6) is -1.47. The highest BCUT2D eigenvalue weighted by Gasteiger charge is 2.31. The molecule has 1 aromatic rings. The van der Waals surface area contributed by atoms with Gasteiger partial charge in [-0.25, -0.2) is 8.78 Å². The molecule has 0 aromatic heterocycles. The third-order valence-electron chi connectivity index (χ3n) is 3.77. The van der Waals surface area contributed by atoms with Crippen molar-refractivity contribution in [1.29, 1.82) is 0 Å². The van der Waals surface area contributed by atoms with E-state index in [1.807, 2.05) is 0 Å². The molecule has 2 N–H and O–H groups in total. The Morgan fingerprint density at radius 2 is 2.15 bits per heavy atom. The Morgan fingerprint density at radius 3 is 2.75 bits per heavy atom. The van der Waals surface area contributed by atoms with E-state index in [2.05, 4.69) is 0 Å². The predicted octanol–water partition coefficient (Wildman–Crippen LogP) is 2.43. The number of halogens is 3. The van der Waals surface area contributed by atoms with Crippen LogP contribution in [-0.2, 0) is 11.2 Å². The summed E-state index contributed by atoms with van der Waals surface area (Å²) in [6.07, 6.45) is 0.412. The maximum absolute atomic E-state index is 13.7. The van der Waals surface area contributed by atoms with Crippen molar-refractivity contribution in [2.75, 3.05) is 13.1 Å². The first kappa shape index (κ1) is 16.9. The second-order valence-corrected chi connectivity index (χ2v) is 5.05. The lowest BCUT2D eigenvalue weighted by molar-refractivity contribution is -0.137. The van der Waals surface area contributed by atoms with E-state index in [9.17, 15) is 13.6 Å². The lowest BCUT2D eigenvalue weighted by Gasteiger charge is -2.36. The van der Waals surface area contributed by atoms with E-state index in [1.54, 1.807) is 18.7 Å². The SMILES string of the molecule is CC(CN)C(=O)N1CCc2c(F)cc(F)cc2C1C.Cl. The zero-order valence-corrected chi connectivity index (χ0v) is 12.3. The largest absolute Gasteiger partial charge is 0.335 e. The Hall–Kier alpha value is -1.20. The van der Waals surface area contributed by atoms with E-state index in [-0.39, 0.29) is 36.8 Å². The number of fused-ring (bicyclic) bond motifs is 1. The third kappa shape index (κ3) is 2.94. The number of carbonyl (C=O) groups is 1. The minimum Gasteiger partial charge on any atom is -0.335 e. The molecular weight excluding hydrogens is 286 g/mol. The minimum absolute atomic E-state index is 0. The van der Waals surface area contributed by atoms with Gasteiger partial charge in [-0.15, -0.1) is 12.4 Å². The van der Waals surface area contributed by atoms with Gasteiger partial charge < -0.3 is 10.6 Å². The van der Waals surface area contributed by atoms with Crippen molar-refractivity contribution >= 4 is 18.3 Å².